The Labute approximate surface area is 125 Å². The Balaban J connectivity index is 1.99. The lowest BCUT2D eigenvalue weighted by Crippen LogP contribution is -2.16. The first kappa shape index (κ1) is 15.0. The van der Waals surface area contributed by atoms with Gasteiger partial charge in [0.2, 0.25) is 5.91 Å². The van der Waals surface area contributed by atoms with E-state index in [1.165, 1.54) is 0 Å². The maximum atomic E-state index is 11.9. The molecule has 1 amide bonds. The number of nitrogens with zero attached hydrogens (tertiary/aromatic N) is 2. The summed E-state index contributed by atoms with van der Waals surface area (Å²) in [4.78, 5) is 25.5. The lowest BCUT2D eigenvalue weighted by atomic mass is 10.2. The van der Waals surface area contributed by atoms with E-state index in [2.05, 4.69) is 20.5 Å². The molecule has 2 rings (SSSR count). The zero-order valence-corrected chi connectivity index (χ0v) is 12.4. The number of aromatic nitrogens is 3. The molecule has 0 atom stereocenters. The first-order chi connectivity index (χ1) is 10.1. The van der Waals surface area contributed by atoms with Crippen molar-refractivity contribution in [3.05, 3.63) is 40.3 Å². The molecule has 1 heterocycles. The molecule has 0 bridgehead atoms. The summed E-state index contributed by atoms with van der Waals surface area (Å²) in [6, 6.07) is 5.51. The quantitative estimate of drug-likeness (QED) is 0.806. The average molecular weight is 306 g/mol. The van der Waals surface area contributed by atoms with Crippen molar-refractivity contribution in [2.24, 2.45) is 0 Å². The molecule has 21 heavy (non-hydrogen) atoms. The zero-order valence-electron chi connectivity index (χ0n) is 11.5. The van der Waals surface area contributed by atoms with Crippen LogP contribution in [0.2, 0.25) is 0 Å². The van der Waals surface area contributed by atoms with Gasteiger partial charge in [0.05, 0.1) is 18.6 Å². The van der Waals surface area contributed by atoms with Gasteiger partial charge in [-0.05, 0) is 24.6 Å². The molecule has 0 aliphatic carbocycles. The molecule has 2 N–H and O–H groups in total. The van der Waals surface area contributed by atoms with Gasteiger partial charge in [0, 0.05) is 0 Å². The second-order valence-corrected chi connectivity index (χ2v) is 5.14. The predicted molar refractivity (Wildman–Crippen MR) is 79.7 cm³/mol. The molecule has 0 saturated heterocycles. The number of nitrogens with one attached hydrogen (secondary N) is 2. The third kappa shape index (κ3) is 4.32. The number of thioether (sulfide) groups is 1. The summed E-state index contributed by atoms with van der Waals surface area (Å²) < 4.78 is 5.19. The van der Waals surface area contributed by atoms with E-state index in [1.54, 1.807) is 13.2 Å². The first-order valence-corrected chi connectivity index (χ1v) is 7.06. The Kier molecular flexibility index (Phi) is 4.94. The van der Waals surface area contributed by atoms with Gasteiger partial charge < -0.3 is 10.1 Å². The van der Waals surface area contributed by atoms with Gasteiger partial charge in [0.1, 0.15) is 11.9 Å². The Morgan fingerprint density at radius 1 is 1.48 bits per heavy atom. The second-order valence-electron chi connectivity index (χ2n) is 4.18. The van der Waals surface area contributed by atoms with Gasteiger partial charge in [-0.3, -0.25) is 14.6 Å². The number of aryl methyl sites for hydroxylation is 1. The van der Waals surface area contributed by atoms with Gasteiger partial charge >= 0.3 is 0 Å². The number of aromatic amines is 1. The van der Waals surface area contributed by atoms with Gasteiger partial charge in [-0.2, -0.15) is 5.10 Å². The molecule has 1 aromatic carbocycles. The van der Waals surface area contributed by atoms with Gasteiger partial charge in [-0.15, -0.1) is 5.10 Å². The number of ether oxygens (including phenoxy) is 1. The Morgan fingerprint density at radius 3 is 3.00 bits per heavy atom. The Morgan fingerprint density at radius 2 is 2.29 bits per heavy atom. The van der Waals surface area contributed by atoms with Crippen molar-refractivity contribution < 1.29 is 9.53 Å². The minimum atomic E-state index is -0.353. The van der Waals surface area contributed by atoms with E-state index >= 15 is 0 Å². The van der Waals surface area contributed by atoms with Crippen molar-refractivity contribution in [2.45, 2.75) is 12.1 Å². The third-order valence-electron chi connectivity index (χ3n) is 2.52. The summed E-state index contributed by atoms with van der Waals surface area (Å²) in [7, 11) is 1.54. The van der Waals surface area contributed by atoms with E-state index < -0.39 is 0 Å². The van der Waals surface area contributed by atoms with E-state index in [4.69, 9.17) is 4.74 Å². The molecule has 0 unspecified atom stereocenters. The molecule has 2 aromatic rings. The molecule has 0 aliphatic heterocycles. The minimum absolute atomic E-state index is 0.103. The van der Waals surface area contributed by atoms with Gasteiger partial charge in [0.25, 0.3) is 5.56 Å². The molecule has 8 heteroatoms. The zero-order chi connectivity index (χ0) is 15.2. The lowest BCUT2D eigenvalue weighted by Gasteiger charge is -2.10. The van der Waals surface area contributed by atoms with Crippen molar-refractivity contribution >= 4 is 23.4 Å². The van der Waals surface area contributed by atoms with Crippen LogP contribution in [0.1, 0.15) is 5.56 Å². The van der Waals surface area contributed by atoms with E-state index in [9.17, 15) is 9.59 Å². The number of H-pyrrole nitrogens is 1. The van der Waals surface area contributed by atoms with Crippen molar-refractivity contribution in [2.75, 3.05) is 18.2 Å². The van der Waals surface area contributed by atoms with Crippen molar-refractivity contribution in [1.29, 1.82) is 0 Å². The van der Waals surface area contributed by atoms with Crippen LogP contribution in [0.3, 0.4) is 0 Å². The van der Waals surface area contributed by atoms with Crippen LogP contribution in [0.15, 0.2) is 34.3 Å². The number of carbonyl (C=O) groups is 1. The van der Waals surface area contributed by atoms with Crippen LogP contribution in [0.5, 0.6) is 5.75 Å². The van der Waals surface area contributed by atoms with Crippen LogP contribution in [0.25, 0.3) is 0 Å². The van der Waals surface area contributed by atoms with Gasteiger partial charge in [0.15, 0.2) is 5.16 Å². The number of amides is 1. The highest BCUT2D eigenvalue weighted by Crippen LogP contribution is 2.25. The molecule has 7 nitrogen and oxygen atoms in total. The van der Waals surface area contributed by atoms with E-state index in [-0.39, 0.29) is 17.2 Å². The normalized spacial score (nSPS) is 10.2. The number of carbonyl (C=O) groups excluding carboxylic acids is 1. The monoisotopic (exact) mass is 306 g/mol. The molecule has 0 saturated carbocycles. The smallest absolute Gasteiger partial charge is 0.270 e. The fraction of sp³-hybridized carbons (Fsp3) is 0.231. The average Bonchev–Trinajstić information content (AvgIpc) is 2.45. The van der Waals surface area contributed by atoms with Gasteiger partial charge in [-0.1, -0.05) is 17.8 Å². The fourth-order valence-corrected chi connectivity index (χ4v) is 2.22. The SMILES string of the molecule is COc1ccc(C)cc1NC(=O)CSc1nncc(=O)[nH]1. The number of methoxy groups -OCH3 is 1. The number of hydrogen-bond acceptors (Lipinski definition) is 6. The largest absolute Gasteiger partial charge is 0.495 e. The predicted octanol–water partition coefficient (Wildman–Crippen LogP) is 1.21. The second kappa shape index (κ2) is 6.89. The van der Waals surface area contributed by atoms with Crippen LogP contribution < -0.4 is 15.6 Å². The molecule has 0 radical (unpaired) electrons. The molecule has 110 valence electrons. The standard InChI is InChI=1S/C13H14N4O3S/c1-8-3-4-10(20-2)9(5-8)15-12(19)7-21-13-16-11(18)6-14-17-13/h3-6H,7H2,1-2H3,(H,15,19)(H,16,17,18). The van der Waals surface area contributed by atoms with Crippen LogP contribution in [0.4, 0.5) is 5.69 Å². The number of hydrogen-bond donors (Lipinski definition) is 2. The summed E-state index contributed by atoms with van der Waals surface area (Å²) in [5.74, 6) is 0.466. The van der Waals surface area contributed by atoms with E-state index in [0.29, 0.717) is 16.6 Å². The molecule has 1 aromatic heterocycles. The Hall–Kier alpha value is -2.35. The molecule has 0 spiro atoms. The highest BCUT2D eigenvalue weighted by molar-refractivity contribution is 7.99. The Bertz CT molecular complexity index is 702. The minimum Gasteiger partial charge on any atom is -0.495 e. The summed E-state index contributed by atoms with van der Waals surface area (Å²) in [6.07, 6.45) is 1.07. The molecular weight excluding hydrogens is 292 g/mol. The van der Waals surface area contributed by atoms with Gasteiger partial charge in [-0.25, -0.2) is 0 Å². The summed E-state index contributed by atoms with van der Waals surface area (Å²) in [6.45, 7) is 1.92. The van der Waals surface area contributed by atoms with Crippen LogP contribution in [-0.2, 0) is 4.79 Å². The van der Waals surface area contributed by atoms with Crippen molar-refractivity contribution in [1.82, 2.24) is 15.2 Å². The number of rotatable bonds is 5. The first-order valence-electron chi connectivity index (χ1n) is 6.08. The summed E-state index contributed by atoms with van der Waals surface area (Å²) in [5, 5.41) is 10.3. The lowest BCUT2D eigenvalue weighted by molar-refractivity contribution is -0.113. The molecule has 0 aliphatic rings. The maximum Gasteiger partial charge on any atom is 0.270 e. The molecular formula is C13H14N4O3S. The number of anilines is 1. The summed E-state index contributed by atoms with van der Waals surface area (Å²) in [5.41, 5.74) is 1.26. The van der Waals surface area contributed by atoms with Crippen LogP contribution in [0, 0.1) is 6.92 Å². The third-order valence-corrected chi connectivity index (χ3v) is 3.39. The summed E-state index contributed by atoms with van der Waals surface area (Å²) >= 11 is 1.10. The topological polar surface area (TPSA) is 97.0 Å². The van der Waals surface area contributed by atoms with Crippen LogP contribution >= 0.6 is 11.8 Å². The van der Waals surface area contributed by atoms with E-state index in [1.807, 2.05) is 19.1 Å². The van der Waals surface area contributed by atoms with E-state index in [0.717, 1.165) is 23.5 Å². The van der Waals surface area contributed by atoms with Crippen LogP contribution in [-0.4, -0.2) is 34.0 Å². The maximum absolute atomic E-state index is 11.9. The highest BCUT2D eigenvalue weighted by Gasteiger charge is 2.09. The molecule has 0 fully saturated rings. The number of benzene rings is 1. The fourth-order valence-electron chi connectivity index (χ4n) is 1.60. The van der Waals surface area contributed by atoms with Crippen molar-refractivity contribution in [3.63, 3.8) is 0 Å². The van der Waals surface area contributed by atoms with Crippen molar-refractivity contribution in [3.8, 4) is 5.75 Å². The highest BCUT2D eigenvalue weighted by atomic mass is 32.2.